The van der Waals surface area contributed by atoms with E-state index in [0.29, 0.717) is 30.3 Å². The molecule has 0 spiro atoms. The number of H-pyrrole nitrogens is 1. The number of aliphatic hydroxyl groups is 1. The van der Waals surface area contributed by atoms with Gasteiger partial charge >= 0.3 is 0 Å². The van der Waals surface area contributed by atoms with Crippen LogP contribution in [0, 0.1) is 13.8 Å². The van der Waals surface area contributed by atoms with E-state index in [9.17, 15) is 9.90 Å². The zero-order valence-corrected chi connectivity index (χ0v) is 17.7. The second-order valence-corrected chi connectivity index (χ2v) is 7.67. The molecule has 152 valence electrons. The lowest BCUT2D eigenvalue weighted by Gasteiger charge is -2.25. The summed E-state index contributed by atoms with van der Waals surface area (Å²) < 4.78 is 0. The maximum absolute atomic E-state index is 12.6. The second-order valence-electron chi connectivity index (χ2n) is 7.28. The molecule has 0 aliphatic rings. The van der Waals surface area contributed by atoms with E-state index >= 15 is 0 Å². The van der Waals surface area contributed by atoms with Crippen LogP contribution in [0.25, 0.3) is 10.9 Å². The van der Waals surface area contributed by atoms with Crippen molar-refractivity contribution in [2.24, 2.45) is 0 Å². The van der Waals surface area contributed by atoms with Crippen molar-refractivity contribution in [3.8, 4) is 0 Å². The van der Waals surface area contributed by atoms with Crippen LogP contribution < -0.4 is 10.9 Å². The van der Waals surface area contributed by atoms with Gasteiger partial charge in [0.15, 0.2) is 5.11 Å². The molecule has 0 bridgehead atoms. The molecule has 2 aromatic carbocycles. The third-order valence-electron chi connectivity index (χ3n) is 4.92. The number of fused-ring (bicyclic) bond motifs is 1. The summed E-state index contributed by atoms with van der Waals surface area (Å²) in [6, 6.07) is 16.2. The maximum Gasteiger partial charge on any atom is 0.253 e. The smallest absolute Gasteiger partial charge is 0.253 e. The summed E-state index contributed by atoms with van der Waals surface area (Å²) in [6.45, 7) is 5.40. The Morgan fingerprint density at radius 1 is 1.17 bits per heavy atom. The minimum Gasteiger partial charge on any atom is -0.395 e. The summed E-state index contributed by atoms with van der Waals surface area (Å²) in [7, 11) is 0. The normalized spacial score (nSPS) is 10.9. The molecule has 0 atom stereocenters. The van der Waals surface area contributed by atoms with E-state index in [4.69, 9.17) is 12.2 Å². The molecule has 6 heteroatoms. The van der Waals surface area contributed by atoms with Gasteiger partial charge in [-0.05, 0) is 61.1 Å². The molecular weight excluding hydrogens is 382 g/mol. The first-order chi connectivity index (χ1) is 14.0. The van der Waals surface area contributed by atoms with Gasteiger partial charge in [0.2, 0.25) is 0 Å². The number of aliphatic hydroxyl groups excluding tert-OH is 1. The third-order valence-corrected chi connectivity index (χ3v) is 5.32. The van der Waals surface area contributed by atoms with Crippen LogP contribution in [-0.2, 0) is 13.0 Å². The van der Waals surface area contributed by atoms with Crippen molar-refractivity contribution in [2.45, 2.75) is 26.8 Å². The molecule has 5 nitrogen and oxygen atoms in total. The summed E-state index contributed by atoms with van der Waals surface area (Å²) in [5.74, 6) is 0. The van der Waals surface area contributed by atoms with Gasteiger partial charge in [-0.15, -0.1) is 0 Å². The minimum absolute atomic E-state index is 0.0375. The summed E-state index contributed by atoms with van der Waals surface area (Å²) in [5.41, 5.74) is 4.80. The van der Waals surface area contributed by atoms with Crippen molar-refractivity contribution in [1.29, 1.82) is 0 Å². The van der Waals surface area contributed by atoms with Gasteiger partial charge in [0, 0.05) is 18.7 Å². The molecule has 0 fully saturated rings. The quantitative estimate of drug-likeness (QED) is 0.524. The molecule has 3 aromatic rings. The third kappa shape index (κ3) is 5.43. The predicted octanol–water partition coefficient (Wildman–Crippen LogP) is 3.06. The van der Waals surface area contributed by atoms with Crippen LogP contribution in [0.5, 0.6) is 0 Å². The van der Waals surface area contributed by atoms with Gasteiger partial charge in [0.25, 0.3) is 5.56 Å². The lowest BCUT2D eigenvalue weighted by molar-refractivity contribution is 0.245. The van der Waals surface area contributed by atoms with E-state index in [1.165, 1.54) is 5.56 Å². The van der Waals surface area contributed by atoms with Crippen molar-refractivity contribution in [3.05, 3.63) is 81.1 Å². The van der Waals surface area contributed by atoms with Crippen LogP contribution >= 0.6 is 12.2 Å². The molecular formula is C23H27N3O2S. The highest BCUT2D eigenvalue weighted by molar-refractivity contribution is 7.80. The SMILES string of the molecule is Cc1cc(C)c2[nH]c(=O)c(CN(CCO)C(=S)NCCc3ccccc3)cc2c1. The Hall–Kier alpha value is -2.70. The van der Waals surface area contributed by atoms with E-state index in [1.54, 1.807) is 0 Å². The number of nitrogens with zero attached hydrogens (tertiary/aromatic N) is 1. The molecule has 0 aliphatic carbocycles. The Balaban J connectivity index is 1.73. The molecule has 0 unspecified atom stereocenters. The molecule has 3 N–H and O–H groups in total. The molecule has 3 rings (SSSR count). The highest BCUT2D eigenvalue weighted by atomic mass is 32.1. The number of pyridine rings is 1. The average Bonchev–Trinajstić information content (AvgIpc) is 2.69. The highest BCUT2D eigenvalue weighted by Crippen LogP contribution is 2.18. The highest BCUT2D eigenvalue weighted by Gasteiger charge is 2.13. The van der Waals surface area contributed by atoms with Crippen molar-refractivity contribution < 1.29 is 5.11 Å². The van der Waals surface area contributed by atoms with Gasteiger partial charge in [0.05, 0.1) is 18.7 Å². The van der Waals surface area contributed by atoms with Crippen molar-refractivity contribution in [2.75, 3.05) is 19.7 Å². The topological polar surface area (TPSA) is 68.4 Å². The van der Waals surface area contributed by atoms with Crippen LogP contribution in [-0.4, -0.2) is 39.8 Å². The van der Waals surface area contributed by atoms with Crippen molar-refractivity contribution in [3.63, 3.8) is 0 Å². The van der Waals surface area contributed by atoms with Gasteiger partial charge in [-0.2, -0.15) is 0 Å². The summed E-state index contributed by atoms with van der Waals surface area (Å²) in [5, 5.41) is 14.3. The van der Waals surface area contributed by atoms with E-state index in [-0.39, 0.29) is 12.2 Å². The largest absolute Gasteiger partial charge is 0.395 e. The van der Waals surface area contributed by atoms with E-state index in [2.05, 4.69) is 34.6 Å². The number of aromatic nitrogens is 1. The number of thiocarbonyl (C=S) groups is 1. The number of benzene rings is 2. The summed E-state index contributed by atoms with van der Waals surface area (Å²) in [6.07, 6.45) is 0.850. The lowest BCUT2D eigenvalue weighted by Crippen LogP contribution is -2.42. The Morgan fingerprint density at radius 2 is 1.93 bits per heavy atom. The molecule has 1 aromatic heterocycles. The minimum atomic E-state index is -0.125. The molecule has 0 aliphatic heterocycles. The Bertz CT molecular complexity index is 1050. The van der Waals surface area contributed by atoms with E-state index in [0.717, 1.165) is 28.5 Å². The number of aryl methyl sites for hydroxylation is 2. The molecule has 0 saturated heterocycles. The van der Waals surface area contributed by atoms with E-state index in [1.807, 2.05) is 43.0 Å². The monoisotopic (exact) mass is 409 g/mol. The molecule has 0 amide bonds. The van der Waals surface area contributed by atoms with E-state index < -0.39 is 0 Å². The maximum atomic E-state index is 12.6. The lowest BCUT2D eigenvalue weighted by atomic mass is 10.1. The van der Waals surface area contributed by atoms with Crippen molar-refractivity contribution >= 4 is 28.2 Å². The van der Waals surface area contributed by atoms with Gasteiger partial charge in [-0.1, -0.05) is 42.0 Å². The molecule has 29 heavy (non-hydrogen) atoms. The van der Waals surface area contributed by atoms with Crippen LogP contribution in [0.1, 0.15) is 22.3 Å². The van der Waals surface area contributed by atoms with Crippen molar-refractivity contribution in [1.82, 2.24) is 15.2 Å². The van der Waals surface area contributed by atoms with Crippen LogP contribution in [0.2, 0.25) is 0 Å². The van der Waals surface area contributed by atoms with Gasteiger partial charge in [-0.25, -0.2) is 0 Å². The molecule has 0 radical (unpaired) electrons. The predicted molar refractivity (Wildman–Crippen MR) is 122 cm³/mol. The molecule has 0 saturated carbocycles. The number of hydrogen-bond donors (Lipinski definition) is 3. The Labute approximate surface area is 176 Å². The van der Waals surface area contributed by atoms with Crippen LogP contribution in [0.3, 0.4) is 0 Å². The zero-order valence-electron chi connectivity index (χ0n) is 16.9. The van der Waals surface area contributed by atoms with Crippen LogP contribution in [0.15, 0.2) is 53.3 Å². The number of nitrogens with one attached hydrogen (secondary N) is 2. The second kappa shape index (κ2) is 9.67. The first-order valence-electron chi connectivity index (χ1n) is 9.78. The van der Waals surface area contributed by atoms with Crippen LogP contribution in [0.4, 0.5) is 0 Å². The fraction of sp³-hybridized carbons (Fsp3) is 0.304. The Kier molecular flexibility index (Phi) is 7.01. The average molecular weight is 410 g/mol. The number of rotatable bonds is 7. The number of hydrogen-bond acceptors (Lipinski definition) is 3. The summed E-state index contributed by atoms with van der Waals surface area (Å²) >= 11 is 5.53. The van der Waals surface area contributed by atoms with Gasteiger partial charge in [0.1, 0.15) is 0 Å². The van der Waals surface area contributed by atoms with Gasteiger partial charge in [-0.3, -0.25) is 4.79 Å². The zero-order chi connectivity index (χ0) is 20.8. The first-order valence-corrected chi connectivity index (χ1v) is 10.2. The first kappa shape index (κ1) is 21.0. The fourth-order valence-electron chi connectivity index (χ4n) is 3.50. The fourth-order valence-corrected chi connectivity index (χ4v) is 3.76. The molecule has 1 heterocycles. The Morgan fingerprint density at radius 3 is 2.66 bits per heavy atom. The summed E-state index contributed by atoms with van der Waals surface area (Å²) in [4.78, 5) is 17.5. The number of aromatic amines is 1. The van der Waals surface area contributed by atoms with Gasteiger partial charge < -0.3 is 20.3 Å². The standard InChI is InChI=1S/C23H27N3O2S/c1-16-12-17(2)21-19(13-16)14-20(22(28)25-21)15-26(10-11-27)23(29)24-9-8-18-6-4-3-5-7-18/h3-7,12-14,27H,8-11,15H2,1-2H3,(H,24,29)(H,25,28).